The summed E-state index contributed by atoms with van der Waals surface area (Å²) in [6.07, 6.45) is 11.6. The van der Waals surface area contributed by atoms with E-state index in [2.05, 4.69) is 26.8 Å². The first kappa shape index (κ1) is 20.2. The summed E-state index contributed by atoms with van der Waals surface area (Å²) in [6.45, 7) is 10.6. The summed E-state index contributed by atoms with van der Waals surface area (Å²) in [5, 5.41) is 0. The van der Waals surface area contributed by atoms with Gasteiger partial charge in [-0.3, -0.25) is 9.59 Å². The molecule has 0 radical (unpaired) electrons. The summed E-state index contributed by atoms with van der Waals surface area (Å²) >= 11 is 0. The number of carbonyl (C=O) groups excluding carboxylic acids is 2. The Labute approximate surface area is 170 Å². The average Bonchev–Trinajstić information content (AvgIpc) is 2.94. The van der Waals surface area contributed by atoms with Crippen LogP contribution in [0, 0.1) is 40.4 Å². The van der Waals surface area contributed by atoms with E-state index in [4.69, 9.17) is 4.74 Å². The van der Waals surface area contributed by atoms with Crippen LogP contribution in [0.2, 0.25) is 0 Å². The summed E-state index contributed by atoms with van der Waals surface area (Å²) in [7, 11) is 0. The van der Waals surface area contributed by atoms with E-state index in [9.17, 15) is 9.59 Å². The second kappa shape index (κ2) is 6.99. The monoisotopic (exact) mass is 386 g/mol. The molecule has 8 atom stereocenters. The van der Waals surface area contributed by atoms with E-state index in [-0.39, 0.29) is 28.8 Å². The summed E-state index contributed by atoms with van der Waals surface area (Å²) < 4.78 is 5.56. The van der Waals surface area contributed by atoms with Crippen LogP contribution in [0.4, 0.5) is 0 Å². The van der Waals surface area contributed by atoms with Gasteiger partial charge >= 0.3 is 5.97 Å². The van der Waals surface area contributed by atoms with Crippen molar-refractivity contribution in [3.63, 3.8) is 0 Å². The fraction of sp³-hybridized carbons (Fsp3) is 0.840. The fourth-order valence-corrected chi connectivity index (χ4v) is 8.34. The molecular formula is C25H38O3. The van der Waals surface area contributed by atoms with Crippen LogP contribution in [0.5, 0.6) is 0 Å². The standard InChI is InChI=1S/C25H38O3/c1-6-17-13-22-20-8-7-18-14-19(28-16(3)27)9-11-24(18,4)21(20)10-12-25(22,5)23(17)15(2)26/h7,17,19-23H,6,8-14H2,1-5H3/t17-,19+,20+,21-,22-,23-,24-,25-/m0/s1. The second-order valence-corrected chi connectivity index (χ2v) is 10.8. The summed E-state index contributed by atoms with van der Waals surface area (Å²) in [5.74, 6) is 3.25. The van der Waals surface area contributed by atoms with Crippen LogP contribution in [-0.4, -0.2) is 17.9 Å². The van der Waals surface area contributed by atoms with Gasteiger partial charge in [0.05, 0.1) is 0 Å². The molecule has 0 aromatic rings. The van der Waals surface area contributed by atoms with Crippen LogP contribution >= 0.6 is 0 Å². The number of hydrogen-bond acceptors (Lipinski definition) is 3. The molecule has 0 heterocycles. The summed E-state index contributed by atoms with van der Waals surface area (Å²) in [4.78, 5) is 24.0. The number of fused-ring (bicyclic) bond motifs is 5. The molecule has 3 saturated carbocycles. The van der Waals surface area contributed by atoms with Crippen molar-refractivity contribution >= 4 is 11.8 Å². The molecule has 4 aliphatic carbocycles. The number of allylic oxidation sites excluding steroid dienone is 1. The molecule has 0 bridgehead atoms. The lowest BCUT2D eigenvalue weighted by molar-refractivity contribution is -0.149. The van der Waals surface area contributed by atoms with Crippen molar-refractivity contribution in [2.45, 2.75) is 92.1 Å². The lowest BCUT2D eigenvalue weighted by Crippen LogP contribution is -2.51. The molecule has 0 spiro atoms. The van der Waals surface area contributed by atoms with E-state index in [0.717, 1.165) is 43.9 Å². The molecule has 0 aliphatic heterocycles. The SMILES string of the molecule is CC[C@H]1C[C@H]2[C@@H]3CC=C4C[C@H](OC(C)=O)CC[C@]4(C)[C@H]3CC[C@]2(C)[C@H]1C(C)=O. The maximum Gasteiger partial charge on any atom is 0.302 e. The van der Waals surface area contributed by atoms with Gasteiger partial charge in [0, 0.05) is 19.3 Å². The maximum absolute atomic E-state index is 12.6. The zero-order valence-corrected chi connectivity index (χ0v) is 18.4. The highest BCUT2D eigenvalue weighted by molar-refractivity contribution is 5.80. The largest absolute Gasteiger partial charge is 0.462 e. The van der Waals surface area contributed by atoms with Crippen molar-refractivity contribution in [2.24, 2.45) is 40.4 Å². The molecule has 0 aromatic carbocycles. The Morgan fingerprint density at radius 3 is 2.54 bits per heavy atom. The minimum absolute atomic E-state index is 0.0697. The van der Waals surface area contributed by atoms with Crippen LogP contribution in [-0.2, 0) is 14.3 Å². The Morgan fingerprint density at radius 2 is 1.89 bits per heavy atom. The number of esters is 1. The van der Waals surface area contributed by atoms with Crippen molar-refractivity contribution in [3.05, 3.63) is 11.6 Å². The van der Waals surface area contributed by atoms with Gasteiger partial charge in [0.2, 0.25) is 0 Å². The van der Waals surface area contributed by atoms with Gasteiger partial charge in [-0.1, -0.05) is 38.8 Å². The molecule has 3 nitrogen and oxygen atoms in total. The molecular weight excluding hydrogens is 348 g/mol. The van der Waals surface area contributed by atoms with Crippen LogP contribution in [0.15, 0.2) is 11.6 Å². The minimum Gasteiger partial charge on any atom is -0.462 e. The third-order valence-corrected chi connectivity index (χ3v) is 9.53. The lowest BCUT2D eigenvalue weighted by atomic mass is 9.47. The van der Waals surface area contributed by atoms with E-state index >= 15 is 0 Å². The normalized spacial score (nSPS) is 47.4. The number of hydrogen-bond donors (Lipinski definition) is 0. The Hall–Kier alpha value is -1.12. The van der Waals surface area contributed by atoms with E-state index in [1.54, 1.807) is 5.57 Å². The highest BCUT2D eigenvalue weighted by Crippen LogP contribution is 2.67. The predicted molar refractivity (Wildman–Crippen MR) is 111 cm³/mol. The first-order valence-electron chi connectivity index (χ1n) is 11.6. The predicted octanol–water partition coefficient (Wildman–Crippen LogP) is 5.72. The lowest BCUT2D eigenvalue weighted by Gasteiger charge is -2.58. The quantitative estimate of drug-likeness (QED) is 0.460. The van der Waals surface area contributed by atoms with Gasteiger partial charge in [-0.25, -0.2) is 0 Å². The van der Waals surface area contributed by atoms with Crippen LogP contribution < -0.4 is 0 Å². The van der Waals surface area contributed by atoms with Gasteiger partial charge in [0.25, 0.3) is 0 Å². The van der Waals surface area contributed by atoms with Crippen molar-refractivity contribution in [2.75, 3.05) is 0 Å². The van der Waals surface area contributed by atoms with Crippen molar-refractivity contribution < 1.29 is 14.3 Å². The molecule has 4 rings (SSSR count). The molecule has 3 fully saturated rings. The van der Waals surface area contributed by atoms with Gasteiger partial charge in [-0.15, -0.1) is 0 Å². The Morgan fingerprint density at radius 1 is 1.14 bits per heavy atom. The Balaban J connectivity index is 1.61. The third-order valence-electron chi connectivity index (χ3n) is 9.53. The van der Waals surface area contributed by atoms with E-state index in [1.807, 2.05) is 6.92 Å². The second-order valence-electron chi connectivity index (χ2n) is 10.8. The molecule has 28 heavy (non-hydrogen) atoms. The average molecular weight is 387 g/mol. The van der Waals surface area contributed by atoms with E-state index in [0.29, 0.717) is 17.6 Å². The first-order valence-corrected chi connectivity index (χ1v) is 11.6. The highest BCUT2D eigenvalue weighted by Gasteiger charge is 2.61. The fourth-order valence-electron chi connectivity index (χ4n) is 8.34. The van der Waals surface area contributed by atoms with Crippen LogP contribution in [0.25, 0.3) is 0 Å². The highest BCUT2D eigenvalue weighted by atomic mass is 16.5. The number of Topliss-reactive ketones (excluding diaryl/α,β-unsaturated/α-hetero) is 1. The maximum atomic E-state index is 12.6. The number of carbonyl (C=O) groups is 2. The van der Waals surface area contributed by atoms with Crippen LogP contribution in [0.3, 0.4) is 0 Å². The molecule has 0 amide bonds. The number of rotatable bonds is 3. The minimum atomic E-state index is -0.150. The van der Waals surface area contributed by atoms with Crippen LogP contribution in [0.1, 0.15) is 86.0 Å². The zero-order chi connectivity index (χ0) is 20.3. The molecule has 0 unspecified atom stereocenters. The van der Waals surface area contributed by atoms with Gasteiger partial charge in [-0.05, 0) is 80.0 Å². The molecule has 4 aliphatic rings. The summed E-state index contributed by atoms with van der Waals surface area (Å²) in [6, 6.07) is 0. The number of ketones is 1. The van der Waals surface area contributed by atoms with Crippen molar-refractivity contribution in [3.8, 4) is 0 Å². The van der Waals surface area contributed by atoms with Gasteiger partial charge in [0.15, 0.2) is 0 Å². The molecule has 0 aromatic heterocycles. The smallest absolute Gasteiger partial charge is 0.302 e. The molecule has 0 N–H and O–H groups in total. The third kappa shape index (κ3) is 2.91. The van der Waals surface area contributed by atoms with Crippen molar-refractivity contribution in [1.29, 1.82) is 0 Å². The Kier molecular flexibility index (Phi) is 5.03. The number of ether oxygens (including phenoxy) is 1. The van der Waals surface area contributed by atoms with Gasteiger partial charge < -0.3 is 4.74 Å². The van der Waals surface area contributed by atoms with Crippen molar-refractivity contribution in [1.82, 2.24) is 0 Å². The molecule has 0 saturated heterocycles. The first-order chi connectivity index (χ1) is 13.2. The van der Waals surface area contributed by atoms with Gasteiger partial charge in [0.1, 0.15) is 11.9 Å². The topological polar surface area (TPSA) is 43.4 Å². The molecule has 3 heteroatoms. The summed E-state index contributed by atoms with van der Waals surface area (Å²) in [5.41, 5.74) is 2.00. The Bertz CT molecular complexity index is 694. The van der Waals surface area contributed by atoms with E-state index < -0.39 is 0 Å². The van der Waals surface area contributed by atoms with E-state index in [1.165, 1.54) is 26.2 Å². The molecule has 156 valence electrons. The van der Waals surface area contributed by atoms with Gasteiger partial charge in [-0.2, -0.15) is 0 Å². The zero-order valence-electron chi connectivity index (χ0n) is 18.4.